The van der Waals surface area contributed by atoms with Gasteiger partial charge in [-0.05, 0) is 44.5 Å². The molecule has 0 aliphatic rings. The molecular formula is C13H20ClNO2. The Bertz CT molecular complexity index is 361. The number of anilines is 1. The van der Waals surface area contributed by atoms with Crippen LogP contribution in [0, 0.1) is 0 Å². The molecule has 0 heterocycles. The van der Waals surface area contributed by atoms with Gasteiger partial charge in [0.15, 0.2) is 0 Å². The molecule has 0 unspecified atom stereocenters. The summed E-state index contributed by atoms with van der Waals surface area (Å²) in [5, 5.41) is 0.677. The molecule has 96 valence electrons. The third-order valence-electron chi connectivity index (χ3n) is 2.09. The van der Waals surface area contributed by atoms with Crippen molar-refractivity contribution in [2.75, 3.05) is 18.9 Å². The van der Waals surface area contributed by atoms with Crippen LogP contribution in [0.15, 0.2) is 18.2 Å². The highest BCUT2D eigenvalue weighted by atomic mass is 35.5. The molecule has 0 aromatic heterocycles. The fourth-order valence-corrected chi connectivity index (χ4v) is 1.47. The van der Waals surface area contributed by atoms with Crippen molar-refractivity contribution in [3.05, 3.63) is 28.8 Å². The minimum absolute atomic E-state index is 0.127. The van der Waals surface area contributed by atoms with Crippen molar-refractivity contribution in [3.63, 3.8) is 0 Å². The van der Waals surface area contributed by atoms with E-state index in [4.69, 9.17) is 26.8 Å². The number of nitrogen functional groups attached to an aromatic ring is 1. The van der Waals surface area contributed by atoms with Gasteiger partial charge < -0.3 is 15.2 Å². The largest absolute Gasteiger partial charge is 0.399 e. The first-order chi connectivity index (χ1) is 7.88. The molecule has 0 radical (unpaired) electrons. The fraction of sp³-hybridized carbons (Fsp3) is 0.538. The Morgan fingerprint density at radius 1 is 1.24 bits per heavy atom. The molecule has 0 spiro atoms. The Balaban J connectivity index is 2.29. The molecule has 17 heavy (non-hydrogen) atoms. The molecule has 0 atom stereocenters. The molecule has 2 N–H and O–H groups in total. The van der Waals surface area contributed by atoms with E-state index in [0.29, 0.717) is 30.5 Å². The van der Waals surface area contributed by atoms with Gasteiger partial charge in [-0.25, -0.2) is 0 Å². The lowest BCUT2D eigenvalue weighted by atomic mass is 10.2. The number of hydrogen-bond acceptors (Lipinski definition) is 3. The van der Waals surface area contributed by atoms with Crippen LogP contribution >= 0.6 is 11.6 Å². The van der Waals surface area contributed by atoms with Crippen LogP contribution < -0.4 is 5.73 Å². The predicted octanol–water partition coefficient (Wildman–Crippen LogP) is 3.25. The molecule has 0 fully saturated rings. The Hall–Kier alpha value is -0.770. The van der Waals surface area contributed by atoms with Crippen molar-refractivity contribution in [2.24, 2.45) is 0 Å². The molecule has 4 heteroatoms. The van der Waals surface area contributed by atoms with Gasteiger partial charge in [-0.15, -0.1) is 0 Å². The van der Waals surface area contributed by atoms with Crippen molar-refractivity contribution >= 4 is 17.3 Å². The predicted molar refractivity (Wildman–Crippen MR) is 71.2 cm³/mol. The summed E-state index contributed by atoms with van der Waals surface area (Å²) in [4.78, 5) is 0. The third kappa shape index (κ3) is 5.91. The number of nitrogens with two attached hydrogens (primary N) is 1. The first-order valence-electron chi connectivity index (χ1n) is 5.64. The van der Waals surface area contributed by atoms with Crippen LogP contribution in [0.3, 0.4) is 0 Å². The first-order valence-corrected chi connectivity index (χ1v) is 6.02. The second-order valence-corrected chi connectivity index (χ2v) is 5.27. The van der Waals surface area contributed by atoms with Gasteiger partial charge in [0.25, 0.3) is 0 Å². The first kappa shape index (κ1) is 14.3. The number of rotatable bonds is 5. The average molecular weight is 258 g/mol. The normalized spacial score (nSPS) is 11.8. The van der Waals surface area contributed by atoms with E-state index < -0.39 is 0 Å². The molecule has 1 aromatic rings. The maximum absolute atomic E-state index is 6.01. The highest BCUT2D eigenvalue weighted by molar-refractivity contribution is 6.31. The van der Waals surface area contributed by atoms with Crippen LogP contribution in [0.4, 0.5) is 5.69 Å². The van der Waals surface area contributed by atoms with E-state index in [-0.39, 0.29) is 5.60 Å². The van der Waals surface area contributed by atoms with E-state index in [1.807, 2.05) is 26.8 Å². The fourth-order valence-electron chi connectivity index (χ4n) is 1.29. The molecule has 1 aromatic carbocycles. The molecule has 3 nitrogen and oxygen atoms in total. The van der Waals surface area contributed by atoms with Crippen molar-refractivity contribution in [1.82, 2.24) is 0 Å². The Morgan fingerprint density at radius 2 is 1.94 bits per heavy atom. The van der Waals surface area contributed by atoms with Gasteiger partial charge in [0.05, 0.1) is 25.4 Å². The van der Waals surface area contributed by atoms with Gasteiger partial charge in [-0.2, -0.15) is 0 Å². The van der Waals surface area contributed by atoms with Crippen LogP contribution in [-0.4, -0.2) is 18.8 Å². The van der Waals surface area contributed by atoms with Crippen molar-refractivity contribution in [1.29, 1.82) is 0 Å². The van der Waals surface area contributed by atoms with Gasteiger partial charge >= 0.3 is 0 Å². The monoisotopic (exact) mass is 257 g/mol. The van der Waals surface area contributed by atoms with Crippen molar-refractivity contribution in [2.45, 2.75) is 33.0 Å². The Labute approximate surface area is 108 Å². The quantitative estimate of drug-likeness (QED) is 0.651. The van der Waals surface area contributed by atoms with Crippen LogP contribution in [-0.2, 0) is 16.1 Å². The second-order valence-electron chi connectivity index (χ2n) is 4.86. The lowest BCUT2D eigenvalue weighted by molar-refractivity contribution is -0.0376. The van der Waals surface area contributed by atoms with Gasteiger partial charge in [-0.3, -0.25) is 0 Å². The number of ether oxygens (including phenoxy) is 2. The van der Waals surface area contributed by atoms with Crippen LogP contribution in [0.5, 0.6) is 0 Å². The SMILES string of the molecule is CC(C)(C)OCCOCc1cc(N)ccc1Cl. The van der Waals surface area contributed by atoms with E-state index in [9.17, 15) is 0 Å². The third-order valence-corrected chi connectivity index (χ3v) is 2.46. The summed E-state index contributed by atoms with van der Waals surface area (Å²) in [6.07, 6.45) is 0. The van der Waals surface area contributed by atoms with Gasteiger partial charge in [0.1, 0.15) is 0 Å². The molecule has 0 aliphatic heterocycles. The zero-order valence-electron chi connectivity index (χ0n) is 10.6. The van der Waals surface area contributed by atoms with Crippen LogP contribution in [0.2, 0.25) is 5.02 Å². The number of hydrogen-bond donors (Lipinski definition) is 1. The van der Waals surface area contributed by atoms with Crippen LogP contribution in [0.1, 0.15) is 26.3 Å². The summed E-state index contributed by atoms with van der Waals surface area (Å²) in [5.74, 6) is 0. The zero-order chi connectivity index (χ0) is 12.9. The van der Waals surface area contributed by atoms with Crippen molar-refractivity contribution in [3.8, 4) is 0 Å². The van der Waals surface area contributed by atoms with Gasteiger partial charge in [0, 0.05) is 10.7 Å². The van der Waals surface area contributed by atoms with E-state index >= 15 is 0 Å². The summed E-state index contributed by atoms with van der Waals surface area (Å²) in [6.45, 7) is 7.62. The summed E-state index contributed by atoms with van der Waals surface area (Å²) in [5.41, 5.74) is 7.15. The molecule has 0 saturated carbocycles. The topological polar surface area (TPSA) is 44.5 Å². The molecule has 1 rings (SSSR count). The zero-order valence-corrected chi connectivity index (χ0v) is 11.4. The maximum atomic E-state index is 6.01. The second kappa shape index (κ2) is 6.24. The molecule has 0 bridgehead atoms. The van der Waals surface area contributed by atoms with Crippen molar-refractivity contribution < 1.29 is 9.47 Å². The Kier molecular flexibility index (Phi) is 5.25. The molecule has 0 amide bonds. The van der Waals surface area contributed by atoms with E-state index in [2.05, 4.69) is 0 Å². The average Bonchev–Trinajstić information content (AvgIpc) is 2.21. The number of benzene rings is 1. The maximum Gasteiger partial charge on any atom is 0.0733 e. The van der Waals surface area contributed by atoms with Gasteiger partial charge in [0.2, 0.25) is 0 Å². The molecule has 0 saturated heterocycles. The minimum atomic E-state index is -0.127. The smallest absolute Gasteiger partial charge is 0.0733 e. The van der Waals surface area contributed by atoms with Crippen LogP contribution in [0.25, 0.3) is 0 Å². The summed E-state index contributed by atoms with van der Waals surface area (Å²) in [7, 11) is 0. The Morgan fingerprint density at radius 3 is 2.59 bits per heavy atom. The highest BCUT2D eigenvalue weighted by Gasteiger charge is 2.09. The standard InChI is InChI=1S/C13H20ClNO2/c1-13(2,3)17-7-6-16-9-10-8-11(15)4-5-12(10)14/h4-5,8H,6-7,9,15H2,1-3H3. The van der Waals surface area contributed by atoms with E-state index in [1.165, 1.54) is 0 Å². The van der Waals surface area contributed by atoms with E-state index in [1.54, 1.807) is 12.1 Å². The summed E-state index contributed by atoms with van der Waals surface area (Å²) in [6, 6.07) is 5.38. The number of halogens is 1. The highest BCUT2D eigenvalue weighted by Crippen LogP contribution is 2.19. The minimum Gasteiger partial charge on any atom is -0.399 e. The lowest BCUT2D eigenvalue weighted by Crippen LogP contribution is -2.21. The summed E-state index contributed by atoms with van der Waals surface area (Å²) < 4.78 is 11.0. The molecule has 0 aliphatic carbocycles. The summed E-state index contributed by atoms with van der Waals surface area (Å²) >= 11 is 6.01. The molecular weight excluding hydrogens is 238 g/mol. The lowest BCUT2D eigenvalue weighted by Gasteiger charge is -2.19. The van der Waals surface area contributed by atoms with Gasteiger partial charge in [-0.1, -0.05) is 11.6 Å². The van der Waals surface area contributed by atoms with E-state index in [0.717, 1.165) is 5.56 Å².